The second-order valence-electron chi connectivity index (χ2n) is 6.51. The van der Waals surface area contributed by atoms with Crippen LogP contribution in [-0.2, 0) is 14.9 Å². The average molecular weight is 391 g/mol. The third kappa shape index (κ3) is 6.05. The zero-order valence-electron chi connectivity index (χ0n) is 16.5. The molecule has 0 unspecified atom stereocenters. The van der Waals surface area contributed by atoms with E-state index in [2.05, 4.69) is 0 Å². The Hall–Kier alpha value is -2.44. The fourth-order valence-corrected chi connectivity index (χ4v) is 3.33. The van der Waals surface area contributed by atoms with Gasteiger partial charge >= 0.3 is 0 Å². The van der Waals surface area contributed by atoms with Crippen molar-refractivity contribution < 1.29 is 22.9 Å². The lowest BCUT2D eigenvalue weighted by Crippen LogP contribution is -2.04. The molecule has 0 aliphatic heterocycles. The Balaban J connectivity index is 3.92. The van der Waals surface area contributed by atoms with Crippen LogP contribution in [-0.4, -0.2) is 23.9 Å². The molecule has 0 bridgehead atoms. The lowest BCUT2D eigenvalue weighted by atomic mass is 9.92. The highest BCUT2D eigenvalue weighted by Gasteiger charge is 2.20. The molecule has 1 aromatic carbocycles. The van der Waals surface area contributed by atoms with E-state index in [1.807, 2.05) is 0 Å². The van der Waals surface area contributed by atoms with Gasteiger partial charge < -0.3 is 5.11 Å². The summed E-state index contributed by atoms with van der Waals surface area (Å²) >= 11 is 0. The SMILES string of the molecule is CC(=O)C(C)=CC(C)=C(C(C)=CC(C)=C(C)O)c1ccccc1S(=O)(=O)O. The first-order valence-corrected chi connectivity index (χ1v) is 9.82. The summed E-state index contributed by atoms with van der Waals surface area (Å²) in [5.74, 6) is 0.0468. The lowest BCUT2D eigenvalue weighted by molar-refractivity contribution is -0.113. The van der Waals surface area contributed by atoms with Crippen LogP contribution in [0.1, 0.15) is 47.1 Å². The van der Waals surface area contributed by atoms with Crippen LogP contribution in [0.2, 0.25) is 0 Å². The lowest BCUT2D eigenvalue weighted by Gasteiger charge is -2.16. The van der Waals surface area contributed by atoms with Crippen LogP contribution in [0.5, 0.6) is 0 Å². The van der Waals surface area contributed by atoms with Crippen molar-refractivity contribution >= 4 is 21.5 Å². The van der Waals surface area contributed by atoms with E-state index < -0.39 is 10.1 Å². The summed E-state index contributed by atoms with van der Waals surface area (Å²) < 4.78 is 33.4. The smallest absolute Gasteiger partial charge is 0.295 e. The van der Waals surface area contributed by atoms with Gasteiger partial charge in [0.2, 0.25) is 0 Å². The van der Waals surface area contributed by atoms with E-state index in [1.165, 1.54) is 19.1 Å². The van der Waals surface area contributed by atoms with Gasteiger partial charge in [-0.15, -0.1) is 0 Å². The van der Waals surface area contributed by atoms with Crippen LogP contribution in [0.25, 0.3) is 5.57 Å². The van der Waals surface area contributed by atoms with Crippen molar-refractivity contribution in [3.8, 4) is 0 Å². The van der Waals surface area contributed by atoms with E-state index in [4.69, 9.17) is 0 Å². The molecule has 0 fully saturated rings. The molecule has 0 saturated heterocycles. The fourth-order valence-electron chi connectivity index (χ4n) is 2.63. The first-order chi connectivity index (χ1) is 12.4. The first-order valence-electron chi connectivity index (χ1n) is 8.38. The maximum Gasteiger partial charge on any atom is 0.295 e. The van der Waals surface area contributed by atoms with Crippen LogP contribution in [0.4, 0.5) is 0 Å². The molecule has 0 aromatic heterocycles. The number of Topliss-reactive ketones (excluding diaryl/α,β-unsaturated/α-hetero) is 1. The summed E-state index contributed by atoms with van der Waals surface area (Å²) in [6, 6.07) is 6.12. The number of ketones is 1. The Kier molecular flexibility index (Phi) is 7.51. The first kappa shape index (κ1) is 22.6. The van der Waals surface area contributed by atoms with E-state index in [0.29, 0.717) is 33.4 Å². The summed E-state index contributed by atoms with van der Waals surface area (Å²) in [6.45, 7) is 9.97. The van der Waals surface area contributed by atoms with Crippen molar-refractivity contribution in [3.05, 3.63) is 70.0 Å². The quantitative estimate of drug-likeness (QED) is 0.307. The van der Waals surface area contributed by atoms with E-state index in [1.54, 1.807) is 58.9 Å². The summed E-state index contributed by atoms with van der Waals surface area (Å²) in [6.07, 6.45) is 3.41. The highest BCUT2D eigenvalue weighted by molar-refractivity contribution is 7.86. The Labute approximate surface area is 161 Å². The number of aliphatic hydroxyl groups excluding tert-OH is 1. The molecule has 0 spiro atoms. The minimum atomic E-state index is -4.45. The third-order valence-electron chi connectivity index (χ3n) is 4.22. The van der Waals surface area contributed by atoms with E-state index in [-0.39, 0.29) is 16.4 Å². The Morgan fingerprint density at radius 2 is 1.41 bits per heavy atom. The molecule has 6 heteroatoms. The minimum Gasteiger partial charge on any atom is -0.512 e. The number of carbonyl (C=O) groups excluding carboxylic acids is 1. The summed E-state index contributed by atoms with van der Waals surface area (Å²) in [7, 11) is -4.45. The average Bonchev–Trinajstić information content (AvgIpc) is 2.54. The Morgan fingerprint density at radius 1 is 0.889 bits per heavy atom. The number of aliphatic hydroxyl groups is 1. The molecule has 5 nitrogen and oxygen atoms in total. The van der Waals surface area contributed by atoms with Crippen molar-refractivity contribution in [2.75, 3.05) is 0 Å². The van der Waals surface area contributed by atoms with Gasteiger partial charge in [0, 0.05) is 5.56 Å². The maximum absolute atomic E-state index is 11.9. The normalized spacial score (nSPS) is 15.2. The van der Waals surface area contributed by atoms with E-state index in [0.717, 1.165) is 0 Å². The number of rotatable bonds is 6. The second kappa shape index (κ2) is 8.97. The van der Waals surface area contributed by atoms with Gasteiger partial charge in [-0.2, -0.15) is 8.42 Å². The molecule has 0 heterocycles. The molecular weight excluding hydrogens is 364 g/mol. The van der Waals surface area contributed by atoms with Gasteiger partial charge in [0.05, 0.1) is 5.76 Å². The summed E-state index contributed by atoms with van der Waals surface area (Å²) in [5, 5.41) is 9.69. The van der Waals surface area contributed by atoms with Crippen molar-refractivity contribution in [2.24, 2.45) is 0 Å². The van der Waals surface area contributed by atoms with Crippen LogP contribution in [0.3, 0.4) is 0 Å². The molecule has 27 heavy (non-hydrogen) atoms. The number of carbonyl (C=O) groups is 1. The molecule has 1 rings (SSSR count). The van der Waals surface area contributed by atoms with Gasteiger partial charge in [-0.1, -0.05) is 30.4 Å². The largest absolute Gasteiger partial charge is 0.512 e. The van der Waals surface area contributed by atoms with Gasteiger partial charge in [0.1, 0.15) is 4.90 Å². The predicted molar refractivity (Wildman–Crippen MR) is 108 cm³/mol. The van der Waals surface area contributed by atoms with Crippen molar-refractivity contribution in [2.45, 2.75) is 46.4 Å². The van der Waals surface area contributed by atoms with Crippen LogP contribution < -0.4 is 0 Å². The number of hydrogen-bond acceptors (Lipinski definition) is 4. The fraction of sp³-hybridized carbons (Fsp3) is 0.286. The van der Waals surface area contributed by atoms with Gasteiger partial charge in [-0.05, 0) is 75.5 Å². The highest BCUT2D eigenvalue weighted by atomic mass is 32.2. The highest BCUT2D eigenvalue weighted by Crippen LogP contribution is 2.33. The molecule has 0 saturated carbocycles. The number of allylic oxidation sites excluding steroid dienone is 8. The zero-order valence-corrected chi connectivity index (χ0v) is 17.3. The third-order valence-corrected chi connectivity index (χ3v) is 5.13. The minimum absolute atomic E-state index is 0.0966. The number of benzene rings is 1. The van der Waals surface area contributed by atoms with Gasteiger partial charge in [-0.3, -0.25) is 9.35 Å². The van der Waals surface area contributed by atoms with Crippen molar-refractivity contribution in [1.82, 2.24) is 0 Å². The van der Waals surface area contributed by atoms with Crippen LogP contribution in [0, 0.1) is 0 Å². The number of hydrogen-bond donors (Lipinski definition) is 2. The summed E-state index contributed by atoms with van der Waals surface area (Å²) in [5.41, 5.74) is 3.37. The molecule has 0 amide bonds. The molecule has 0 aliphatic rings. The Bertz CT molecular complexity index is 970. The standard InChI is InChI=1S/C21H26O5S/c1-13(17(5)22)11-15(3)21(16(4)12-14(2)18(6)23)19-9-7-8-10-20(19)27(24,25)26/h7-12,22H,1-6H3,(H,24,25,26). The Morgan fingerprint density at radius 3 is 1.89 bits per heavy atom. The van der Waals surface area contributed by atoms with Gasteiger partial charge in [-0.25, -0.2) is 0 Å². The molecule has 1 aromatic rings. The van der Waals surface area contributed by atoms with E-state index in [9.17, 15) is 22.9 Å². The summed E-state index contributed by atoms with van der Waals surface area (Å²) in [4.78, 5) is 11.4. The molecule has 0 atom stereocenters. The second-order valence-corrected chi connectivity index (χ2v) is 7.90. The van der Waals surface area contributed by atoms with Gasteiger partial charge in [0.25, 0.3) is 10.1 Å². The monoisotopic (exact) mass is 390 g/mol. The molecule has 2 N–H and O–H groups in total. The molecular formula is C21H26O5S. The van der Waals surface area contributed by atoms with Crippen LogP contribution in [0.15, 0.2) is 69.4 Å². The molecule has 146 valence electrons. The maximum atomic E-state index is 11.9. The topological polar surface area (TPSA) is 91.7 Å². The van der Waals surface area contributed by atoms with Gasteiger partial charge in [0.15, 0.2) is 5.78 Å². The zero-order chi connectivity index (χ0) is 20.9. The van der Waals surface area contributed by atoms with Crippen molar-refractivity contribution in [3.63, 3.8) is 0 Å². The predicted octanol–water partition coefficient (Wildman–Crippen LogP) is 5.04. The molecule has 0 radical (unpaired) electrons. The van der Waals surface area contributed by atoms with E-state index >= 15 is 0 Å². The van der Waals surface area contributed by atoms with Crippen LogP contribution >= 0.6 is 0 Å². The molecule has 0 aliphatic carbocycles. The van der Waals surface area contributed by atoms with Crippen molar-refractivity contribution in [1.29, 1.82) is 0 Å².